The number of esters is 1. The van der Waals surface area contributed by atoms with Crippen molar-refractivity contribution in [3.8, 4) is 0 Å². The van der Waals surface area contributed by atoms with Crippen LogP contribution >= 0.6 is 0 Å². The van der Waals surface area contributed by atoms with Gasteiger partial charge in [-0.05, 0) is 19.1 Å². The number of ketones is 1. The number of nitrogens with one attached hydrogen (secondary N) is 1. The van der Waals surface area contributed by atoms with E-state index in [2.05, 4.69) is 10.1 Å². The summed E-state index contributed by atoms with van der Waals surface area (Å²) in [6, 6.07) is 3.93. The number of methoxy groups -OCH3 is 1. The molecule has 0 aliphatic carbocycles. The number of β-amino-alcohol motifs (C(OH)–C–C–N with tert-alkyl or cyclic N) is 1. The van der Waals surface area contributed by atoms with Crippen molar-refractivity contribution in [3.63, 3.8) is 0 Å². The highest BCUT2D eigenvalue weighted by atomic mass is 19.1. The lowest BCUT2D eigenvalue weighted by Crippen LogP contribution is -2.31. The van der Waals surface area contributed by atoms with Crippen LogP contribution in [0.25, 0.3) is 0 Å². The summed E-state index contributed by atoms with van der Waals surface area (Å²) < 4.78 is 18.8. The molecule has 1 aliphatic heterocycles. The molecule has 0 radical (unpaired) electrons. The van der Waals surface area contributed by atoms with Gasteiger partial charge in [-0.2, -0.15) is 0 Å². The number of ether oxygens (including phenoxy) is 1. The second-order valence-corrected chi connectivity index (χ2v) is 5.14. The Balaban J connectivity index is 2.47. The largest absolute Gasteiger partial charge is 0.466 e. The third kappa shape index (κ3) is 3.28. The van der Waals surface area contributed by atoms with E-state index in [1.54, 1.807) is 0 Å². The number of carbonyl (C=O) groups excluding carboxylic acids is 3. The topological polar surface area (TPSA) is 95.9 Å². The minimum absolute atomic E-state index is 0.00806. The fourth-order valence-electron chi connectivity index (χ4n) is 2.42. The van der Waals surface area contributed by atoms with Crippen molar-refractivity contribution in [1.29, 1.82) is 0 Å². The average Bonchev–Trinajstić information content (AvgIpc) is 2.85. The summed E-state index contributed by atoms with van der Waals surface area (Å²) in [6.45, 7) is 0.926. The van der Waals surface area contributed by atoms with Crippen molar-refractivity contribution < 1.29 is 28.6 Å². The molecule has 128 valence electrons. The molecule has 7 nitrogen and oxygen atoms in total. The molecule has 0 saturated carbocycles. The Morgan fingerprint density at radius 1 is 1.42 bits per heavy atom. The first-order valence-electron chi connectivity index (χ1n) is 7.18. The summed E-state index contributed by atoms with van der Waals surface area (Å²) in [4.78, 5) is 37.2. The fourth-order valence-corrected chi connectivity index (χ4v) is 2.42. The van der Waals surface area contributed by atoms with Gasteiger partial charge in [-0.3, -0.25) is 9.59 Å². The maximum atomic E-state index is 14.1. The first kappa shape index (κ1) is 17.6. The third-order valence-electron chi connectivity index (χ3n) is 3.60. The average molecular weight is 336 g/mol. The number of benzene rings is 1. The van der Waals surface area contributed by atoms with Crippen molar-refractivity contribution in [2.75, 3.05) is 32.1 Å². The van der Waals surface area contributed by atoms with E-state index in [9.17, 15) is 18.8 Å². The Labute approximate surface area is 137 Å². The van der Waals surface area contributed by atoms with E-state index in [0.29, 0.717) is 0 Å². The highest BCUT2D eigenvalue weighted by molar-refractivity contribution is 6.09. The first-order chi connectivity index (χ1) is 11.4. The molecule has 2 N–H and O–H groups in total. The molecule has 0 fully saturated rings. The van der Waals surface area contributed by atoms with Crippen molar-refractivity contribution in [1.82, 2.24) is 4.90 Å². The Morgan fingerprint density at radius 3 is 2.71 bits per heavy atom. The van der Waals surface area contributed by atoms with Crippen LogP contribution in [-0.4, -0.2) is 54.5 Å². The SMILES string of the molecule is COC(=O)C1=C(Nc2c(F)cccc2C(C)=O)C(=O)N(CCO)C1. The zero-order valence-electron chi connectivity index (χ0n) is 13.3. The van der Waals surface area contributed by atoms with E-state index in [0.717, 1.165) is 13.2 Å². The molecule has 0 spiro atoms. The molecule has 1 aromatic rings. The summed E-state index contributed by atoms with van der Waals surface area (Å²) in [7, 11) is 1.16. The Morgan fingerprint density at radius 2 is 2.12 bits per heavy atom. The van der Waals surface area contributed by atoms with E-state index in [-0.39, 0.29) is 42.2 Å². The van der Waals surface area contributed by atoms with Crippen LogP contribution in [0, 0.1) is 5.82 Å². The number of rotatable bonds is 6. The van der Waals surface area contributed by atoms with E-state index >= 15 is 0 Å². The monoisotopic (exact) mass is 336 g/mol. The van der Waals surface area contributed by atoms with Gasteiger partial charge in [0.15, 0.2) is 5.78 Å². The summed E-state index contributed by atoms with van der Waals surface area (Å²) in [5.74, 6) is -2.45. The summed E-state index contributed by atoms with van der Waals surface area (Å²) in [5.41, 5.74) is -0.280. The molecule has 24 heavy (non-hydrogen) atoms. The van der Waals surface area contributed by atoms with Crippen molar-refractivity contribution in [2.24, 2.45) is 0 Å². The molecule has 0 unspecified atom stereocenters. The molecule has 0 aromatic heterocycles. The second-order valence-electron chi connectivity index (χ2n) is 5.14. The number of Topliss-reactive ketones (excluding diaryl/α,β-unsaturated/α-hetero) is 1. The summed E-state index contributed by atoms with van der Waals surface area (Å²) in [5, 5.41) is 11.6. The fraction of sp³-hybridized carbons (Fsp3) is 0.312. The Hall–Kier alpha value is -2.74. The van der Waals surface area contributed by atoms with Crippen LogP contribution in [0.15, 0.2) is 29.5 Å². The maximum Gasteiger partial charge on any atom is 0.337 e. The molecule has 0 bridgehead atoms. The quantitative estimate of drug-likeness (QED) is 0.586. The molecular formula is C16H17FN2O5. The number of halogens is 1. The van der Waals surface area contributed by atoms with Crippen molar-refractivity contribution >= 4 is 23.3 Å². The molecular weight excluding hydrogens is 319 g/mol. The van der Waals surface area contributed by atoms with E-state index < -0.39 is 23.5 Å². The van der Waals surface area contributed by atoms with Gasteiger partial charge in [0.25, 0.3) is 5.91 Å². The molecule has 1 aliphatic rings. The van der Waals surface area contributed by atoms with Crippen LogP contribution in [-0.2, 0) is 14.3 Å². The summed E-state index contributed by atoms with van der Waals surface area (Å²) in [6.07, 6.45) is 0. The zero-order chi connectivity index (χ0) is 17.9. The summed E-state index contributed by atoms with van der Waals surface area (Å²) >= 11 is 0. The van der Waals surface area contributed by atoms with E-state index in [1.165, 1.54) is 24.0 Å². The van der Waals surface area contributed by atoms with Gasteiger partial charge in [-0.25, -0.2) is 9.18 Å². The Bertz CT molecular complexity index is 729. The van der Waals surface area contributed by atoms with E-state index in [4.69, 9.17) is 5.11 Å². The van der Waals surface area contributed by atoms with Gasteiger partial charge in [-0.1, -0.05) is 6.07 Å². The van der Waals surface area contributed by atoms with Crippen LogP contribution < -0.4 is 5.32 Å². The van der Waals surface area contributed by atoms with Gasteiger partial charge >= 0.3 is 5.97 Å². The smallest absolute Gasteiger partial charge is 0.337 e. The van der Waals surface area contributed by atoms with Gasteiger partial charge in [0.05, 0.1) is 31.5 Å². The number of nitrogens with zero attached hydrogens (tertiary/aromatic N) is 1. The predicted octanol–water partition coefficient (Wildman–Crippen LogP) is 0.702. The number of para-hydroxylation sites is 1. The minimum atomic E-state index is -0.744. The lowest BCUT2D eigenvalue weighted by molar-refractivity contribution is -0.136. The van der Waals surface area contributed by atoms with Gasteiger partial charge < -0.3 is 20.1 Å². The molecule has 1 heterocycles. The molecule has 0 saturated heterocycles. The van der Waals surface area contributed by atoms with Crippen LogP contribution in [0.5, 0.6) is 0 Å². The van der Waals surface area contributed by atoms with Crippen LogP contribution in [0.2, 0.25) is 0 Å². The highest BCUT2D eigenvalue weighted by Gasteiger charge is 2.35. The molecule has 1 aromatic carbocycles. The number of aliphatic hydroxyl groups is 1. The zero-order valence-corrected chi connectivity index (χ0v) is 13.3. The third-order valence-corrected chi connectivity index (χ3v) is 3.60. The Kier molecular flexibility index (Phi) is 5.30. The number of anilines is 1. The normalized spacial score (nSPS) is 14.2. The van der Waals surface area contributed by atoms with Crippen LogP contribution in [0.4, 0.5) is 10.1 Å². The number of hydrogen-bond acceptors (Lipinski definition) is 6. The predicted molar refractivity (Wildman–Crippen MR) is 82.7 cm³/mol. The maximum absolute atomic E-state index is 14.1. The number of amides is 1. The van der Waals surface area contributed by atoms with Gasteiger partial charge in [0.2, 0.25) is 0 Å². The molecule has 0 atom stereocenters. The first-order valence-corrected chi connectivity index (χ1v) is 7.18. The standard InChI is InChI=1S/C16H17FN2O5/c1-9(21)10-4-3-5-12(17)13(10)18-14-11(16(23)24-2)8-19(6-7-20)15(14)22/h3-5,18,20H,6-8H2,1-2H3. The van der Waals surface area contributed by atoms with Crippen LogP contribution in [0.3, 0.4) is 0 Å². The van der Waals surface area contributed by atoms with Gasteiger partial charge in [-0.15, -0.1) is 0 Å². The molecule has 2 rings (SSSR count). The number of carbonyl (C=O) groups is 3. The van der Waals surface area contributed by atoms with Gasteiger partial charge in [0.1, 0.15) is 11.5 Å². The van der Waals surface area contributed by atoms with Crippen molar-refractivity contribution in [2.45, 2.75) is 6.92 Å². The van der Waals surface area contributed by atoms with Crippen LogP contribution in [0.1, 0.15) is 17.3 Å². The van der Waals surface area contributed by atoms with E-state index in [1.807, 2.05) is 0 Å². The number of hydrogen-bond donors (Lipinski definition) is 2. The minimum Gasteiger partial charge on any atom is -0.466 e. The molecule has 8 heteroatoms. The van der Waals surface area contributed by atoms with Crippen molar-refractivity contribution in [3.05, 3.63) is 40.8 Å². The van der Waals surface area contributed by atoms with Gasteiger partial charge in [0, 0.05) is 12.1 Å². The lowest BCUT2D eigenvalue weighted by atomic mass is 10.1. The number of aliphatic hydroxyl groups excluding tert-OH is 1. The molecule has 1 amide bonds. The second kappa shape index (κ2) is 7.22. The highest BCUT2D eigenvalue weighted by Crippen LogP contribution is 2.27. The lowest BCUT2D eigenvalue weighted by Gasteiger charge is -2.16.